The quantitative estimate of drug-likeness (QED) is 0.764. The van der Waals surface area contributed by atoms with Crippen molar-refractivity contribution in [2.45, 2.75) is 20.4 Å². The second-order valence-corrected chi connectivity index (χ2v) is 6.72. The summed E-state index contributed by atoms with van der Waals surface area (Å²) in [4.78, 5) is 37.2. The van der Waals surface area contributed by atoms with Gasteiger partial charge in [-0.05, 0) is 29.8 Å². The first-order chi connectivity index (χ1) is 13.2. The molecular weight excluding hydrogens is 360 g/mol. The normalized spacial score (nSPS) is 10.5. The van der Waals surface area contributed by atoms with Crippen LogP contribution in [0, 0.1) is 5.92 Å². The zero-order valence-corrected chi connectivity index (χ0v) is 16.4. The maximum atomic E-state index is 12.4. The van der Waals surface area contributed by atoms with Crippen molar-refractivity contribution in [1.82, 2.24) is 4.90 Å². The number of aromatic carboxylic acids is 1. The molecular formula is C21H24N2O5. The summed E-state index contributed by atoms with van der Waals surface area (Å²) >= 11 is 0. The lowest BCUT2D eigenvalue weighted by molar-refractivity contribution is -0.133. The predicted molar refractivity (Wildman–Crippen MR) is 106 cm³/mol. The number of nitrogens with zero attached hydrogens (tertiary/aromatic N) is 1. The van der Waals surface area contributed by atoms with Crippen molar-refractivity contribution in [2.24, 2.45) is 5.92 Å². The molecule has 0 aliphatic rings. The second kappa shape index (κ2) is 9.03. The molecule has 0 heterocycles. The van der Waals surface area contributed by atoms with Crippen LogP contribution in [0.1, 0.15) is 40.1 Å². The van der Waals surface area contributed by atoms with Gasteiger partial charge in [-0.15, -0.1) is 0 Å². The number of amides is 2. The van der Waals surface area contributed by atoms with Gasteiger partial charge < -0.3 is 20.1 Å². The Hall–Kier alpha value is -3.35. The van der Waals surface area contributed by atoms with Gasteiger partial charge in [-0.25, -0.2) is 4.79 Å². The molecule has 0 aliphatic heterocycles. The number of carbonyl (C=O) groups excluding carboxylic acids is 2. The van der Waals surface area contributed by atoms with E-state index < -0.39 is 5.97 Å². The monoisotopic (exact) mass is 384 g/mol. The Morgan fingerprint density at radius 2 is 1.75 bits per heavy atom. The molecule has 0 atom stereocenters. The van der Waals surface area contributed by atoms with Gasteiger partial charge >= 0.3 is 5.97 Å². The number of methoxy groups -OCH3 is 1. The van der Waals surface area contributed by atoms with E-state index in [0.717, 1.165) is 5.56 Å². The average Bonchev–Trinajstić information content (AvgIpc) is 2.67. The Morgan fingerprint density at radius 3 is 2.29 bits per heavy atom. The number of anilines is 1. The maximum Gasteiger partial charge on any atom is 0.339 e. The van der Waals surface area contributed by atoms with Crippen LogP contribution in [-0.2, 0) is 11.3 Å². The van der Waals surface area contributed by atoms with Gasteiger partial charge in [-0.1, -0.05) is 26.0 Å². The van der Waals surface area contributed by atoms with E-state index in [1.807, 2.05) is 13.8 Å². The van der Waals surface area contributed by atoms with Crippen LogP contribution in [-0.4, -0.2) is 41.9 Å². The Morgan fingerprint density at radius 1 is 1.11 bits per heavy atom. The summed E-state index contributed by atoms with van der Waals surface area (Å²) in [5.41, 5.74) is 1.81. The van der Waals surface area contributed by atoms with Crippen molar-refractivity contribution < 1.29 is 24.2 Å². The van der Waals surface area contributed by atoms with E-state index >= 15 is 0 Å². The summed E-state index contributed by atoms with van der Waals surface area (Å²) < 4.78 is 5.06. The van der Waals surface area contributed by atoms with Crippen LogP contribution >= 0.6 is 0 Å². The van der Waals surface area contributed by atoms with E-state index in [1.165, 1.54) is 25.3 Å². The molecule has 0 radical (unpaired) electrons. The van der Waals surface area contributed by atoms with E-state index in [-0.39, 0.29) is 29.0 Å². The standard InChI is InChI=1S/C21H24N2O5/c1-13(2)20(25)23(3)12-14-5-7-15(8-6-14)19(24)22-16-9-10-17(21(26)27)18(11-16)28-4/h5-11,13H,12H2,1-4H3,(H,22,24)(H,26,27). The van der Waals surface area contributed by atoms with Crippen LogP contribution in [0.25, 0.3) is 0 Å². The summed E-state index contributed by atoms with van der Waals surface area (Å²) in [6, 6.07) is 11.3. The van der Waals surface area contributed by atoms with Gasteiger partial charge in [0, 0.05) is 36.8 Å². The molecule has 0 aromatic heterocycles. The van der Waals surface area contributed by atoms with Crippen LogP contribution in [0.3, 0.4) is 0 Å². The number of carboxylic acids is 1. The number of benzene rings is 2. The molecule has 0 saturated heterocycles. The number of nitrogens with one attached hydrogen (secondary N) is 1. The first-order valence-electron chi connectivity index (χ1n) is 8.79. The first kappa shape index (κ1) is 21.0. The largest absolute Gasteiger partial charge is 0.496 e. The summed E-state index contributed by atoms with van der Waals surface area (Å²) in [6.45, 7) is 4.17. The van der Waals surface area contributed by atoms with Gasteiger partial charge in [0.2, 0.25) is 5.91 Å². The Labute approximate surface area is 163 Å². The van der Waals surface area contributed by atoms with Gasteiger partial charge in [-0.2, -0.15) is 0 Å². The van der Waals surface area contributed by atoms with Gasteiger partial charge in [-0.3, -0.25) is 9.59 Å². The zero-order valence-electron chi connectivity index (χ0n) is 16.4. The molecule has 2 aromatic rings. The minimum absolute atomic E-state index is 0.0184. The van der Waals surface area contributed by atoms with Gasteiger partial charge in [0.15, 0.2) is 0 Å². The summed E-state index contributed by atoms with van der Waals surface area (Å²) in [5.74, 6) is -1.28. The van der Waals surface area contributed by atoms with Gasteiger partial charge in [0.05, 0.1) is 7.11 Å². The van der Waals surface area contributed by atoms with Crippen molar-refractivity contribution in [1.29, 1.82) is 0 Å². The first-order valence-corrected chi connectivity index (χ1v) is 8.79. The fourth-order valence-electron chi connectivity index (χ4n) is 2.70. The van der Waals surface area contributed by atoms with Crippen LogP contribution in [0.2, 0.25) is 0 Å². The molecule has 2 aromatic carbocycles. The maximum absolute atomic E-state index is 12.4. The van der Waals surface area contributed by atoms with Crippen molar-refractivity contribution >= 4 is 23.5 Å². The van der Waals surface area contributed by atoms with E-state index in [9.17, 15) is 14.4 Å². The minimum atomic E-state index is -1.11. The highest BCUT2D eigenvalue weighted by Gasteiger charge is 2.15. The molecule has 0 unspecified atom stereocenters. The lowest BCUT2D eigenvalue weighted by Crippen LogP contribution is -2.29. The molecule has 148 valence electrons. The lowest BCUT2D eigenvalue weighted by Gasteiger charge is -2.19. The van der Waals surface area contributed by atoms with Crippen molar-refractivity contribution in [3.63, 3.8) is 0 Å². The van der Waals surface area contributed by atoms with Crippen molar-refractivity contribution in [2.75, 3.05) is 19.5 Å². The molecule has 7 heteroatoms. The van der Waals surface area contributed by atoms with E-state index in [1.54, 1.807) is 36.2 Å². The molecule has 0 aliphatic carbocycles. The molecule has 0 spiro atoms. The third-order valence-corrected chi connectivity index (χ3v) is 4.20. The number of carbonyl (C=O) groups is 3. The fourth-order valence-corrected chi connectivity index (χ4v) is 2.70. The van der Waals surface area contributed by atoms with E-state index in [4.69, 9.17) is 9.84 Å². The minimum Gasteiger partial charge on any atom is -0.496 e. The fraction of sp³-hybridized carbons (Fsp3) is 0.286. The molecule has 2 amide bonds. The zero-order chi connectivity index (χ0) is 20.8. The molecule has 2 rings (SSSR count). The molecule has 7 nitrogen and oxygen atoms in total. The highest BCUT2D eigenvalue weighted by molar-refractivity contribution is 6.04. The SMILES string of the molecule is COc1cc(NC(=O)c2ccc(CN(C)C(=O)C(C)C)cc2)ccc1C(=O)O. The third-order valence-electron chi connectivity index (χ3n) is 4.20. The van der Waals surface area contributed by atoms with Crippen LogP contribution in [0.4, 0.5) is 5.69 Å². The predicted octanol–water partition coefficient (Wildman–Crippen LogP) is 3.26. The summed E-state index contributed by atoms with van der Waals surface area (Å²) in [7, 11) is 3.12. The van der Waals surface area contributed by atoms with Crippen LogP contribution in [0.5, 0.6) is 5.75 Å². The van der Waals surface area contributed by atoms with Crippen LogP contribution in [0.15, 0.2) is 42.5 Å². The Kier molecular flexibility index (Phi) is 6.76. The Balaban J connectivity index is 2.07. The third kappa shape index (κ3) is 5.09. The highest BCUT2D eigenvalue weighted by atomic mass is 16.5. The van der Waals surface area contributed by atoms with Crippen molar-refractivity contribution in [3.05, 3.63) is 59.2 Å². The summed E-state index contributed by atoms with van der Waals surface area (Å²) in [5, 5.41) is 11.8. The van der Waals surface area contributed by atoms with Crippen molar-refractivity contribution in [3.8, 4) is 5.75 Å². The topological polar surface area (TPSA) is 95.9 Å². The molecule has 0 bridgehead atoms. The smallest absolute Gasteiger partial charge is 0.339 e. The second-order valence-electron chi connectivity index (χ2n) is 6.72. The number of ether oxygens (including phenoxy) is 1. The van der Waals surface area contributed by atoms with Gasteiger partial charge in [0.25, 0.3) is 5.91 Å². The van der Waals surface area contributed by atoms with E-state index in [0.29, 0.717) is 17.8 Å². The number of carboxylic acid groups (broad SMARTS) is 1. The lowest BCUT2D eigenvalue weighted by atomic mass is 10.1. The Bertz CT molecular complexity index is 875. The van der Waals surface area contributed by atoms with Gasteiger partial charge in [0.1, 0.15) is 11.3 Å². The van der Waals surface area contributed by atoms with E-state index in [2.05, 4.69) is 5.32 Å². The number of rotatable bonds is 7. The average molecular weight is 384 g/mol. The molecule has 28 heavy (non-hydrogen) atoms. The summed E-state index contributed by atoms with van der Waals surface area (Å²) in [6.07, 6.45) is 0. The number of hydrogen-bond acceptors (Lipinski definition) is 4. The molecule has 2 N–H and O–H groups in total. The highest BCUT2D eigenvalue weighted by Crippen LogP contribution is 2.23. The number of hydrogen-bond donors (Lipinski definition) is 2. The van der Waals surface area contributed by atoms with Crippen LogP contribution < -0.4 is 10.1 Å². The molecule has 0 saturated carbocycles. The molecule has 0 fully saturated rings.